The molecule has 1 amide bonds. The standard InChI is InChI=1S/C18H19NO3/c1-12-5-4-6-16(10-12)19-17(20)11-22-18(21)15-8-13(2)7-14(3)9-15/h4-10H,11H2,1-3H3,(H,19,20). The number of aryl methyl sites for hydroxylation is 3. The van der Waals surface area contributed by atoms with Gasteiger partial charge >= 0.3 is 5.97 Å². The number of rotatable bonds is 4. The van der Waals surface area contributed by atoms with Gasteiger partial charge in [-0.2, -0.15) is 0 Å². The maximum absolute atomic E-state index is 12.0. The highest BCUT2D eigenvalue weighted by Gasteiger charge is 2.11. The molecule has 0 saturated heterocycles. The van der Waals surface area contributed by atoms with Crippen LogP contribution < -0.4 is 5.32 Å². The summed E-state index contributed by atoms with van der Waals surface area (Å²) in [4.78, 5) is 23.8. The summed E-state index contributed by atoms with van der Waals surface area (Å²) < 4.78 is 5.05. The summed E-state index contributed by atoms with van der Waals surface area (Å²) in [5.41, 5.74) is 4.16. The molecule has 0 heterocycles. The van der Waals surface area contributed by atoms with Gasteiger partial charge in [0.15, 0.2) is 6.61 Å². The van der Waals surface area contributed by atoms with Gasteiger partial charge in [0.25, 0.3) is 5.91 Å². The molecule has 0 unspecified atom stereocenters. The Labute approximate surface area is 130 Å². The molecule has 2 rings (SSSR count). The maximum atomic E-state index is 12.0. The van der Waals surface area contributed by atoms with Crippen molar-refractivity contribution in [3.05, 3.63) is 64.7 Å². The summed E-state index contributed by atoms with van der Waals surface area (Å²) in [7, 11) is 0. The highest BCUT2D eigenvalue weighted by Crippen LogP contribution is 2.11. The van der Waals surface area contributed by atoms with Crippen molar-refractivity contribution in [1.82, 2.24) is 0 Å². The lowest BCUT2D eigenvalue weighted by Gasteiger charge is -2.08. The third kappa shape index (κ3) is 4.45. The molecule has 0 atom stereocenters. The molecule has 0 fully saturated rings. The van der Waals surface area contributed by atoms with Gasteiger partial charge in [0.05, 0.1) is 5.56 Å². The van der Waals surface area contributed by atoms with Gasteiger partial charge in [-0.15, -0.1) is 0 Å². The second-order valence-electron chi connectivity index (χ2n) is 5.37. The number of nitrogens with one attached hydrogen (secondary N) is 1. The van der Waals surface area contributed by atoms with Crippen LogP contribution in [-0.4, -0.2) is 18.5 Å². The molecular weight excluding hydrogens is 278 g/mol. The monoisotopic (exact) mass is 297 g/mol. The Morgan fingerprint density at radius 1 is 0.955 bits per heavy atom. The van der Waals surface area contributed by atoms with Gasteiger partial charge in [0.1, 0.15) is 0 Å². The zero-order valence-electron chi connectivity index (χ0n) is 13.0. The van der Waals surface area contributed by atoms with E-state index < -0.39 is 5.97 Å². The first kappa shape index (κ1) is 15.8. The van der Waals surface area contributed by atoms with Crippen molar-refractivity contribution < 1.29 is 14.3 Å². The first-order chi connectivity index (χ1) is 10.4. The number of hydrogen-bond acceptors (Lipinski definition) is 3. The number of anilines is 1. The summed E-state index contributed by atoms with van der Waals surface area (Å²) in [5, 5.41) is 2.70. The molecule has 0 radical (unpaired) electrons. The van der Waals surface area contributed by atoms with Crippen LogP contribution in [0, 0.1) is 20.8 Å². The molecule has 0 spiro atoms. The first-order valence-corrected chi connectivity index (χ1v) is 7.06. The van der Waals surface area contributed by atoms with Gasteiger partial charge in [0.2, 0.25) is 0 Å². The Balaban J connectivity index is 1.92. The molecular formula is C18H19NO3. The lowest BCUT2D eigenvalue weighted by atomic mass is 10.1. The van der Waals surface area contributed by atoms with E-state index >= 15 is 0 Å². The predicted molar refractivity (Wildman–Crippen MR) is 86.0 cm³/mol. The summed E-state index contributed by atoms with van der Waals surface area (Å²) in [6, 6.07) is 12.9. The zero-order chi connectivity index (χ0) is 16.1. The third-order valence-electron chi connectivity index (χ3n) is 3.09. The topological polar surface area (TPSA) is 55.4 Å². The fourth-order valence-electron chi connectivity index (χ4n) is 2.23. The smallest absolute Gasteiger partial charge is 0.338 e. The van der Waals surface area contributed by atoms with Gasteiger partial charge in [-0.25, -0.2) is 4.79 Å². The second kappa shape index (κ2) is 6.89. The maximum Gasteiger partial charge on any atom is 0.338 e. The Bertz CT molecular complexity index is 687. The molecule has 0 aromatic heterocycles. The minimum Gasteiger partial charge on any atom is -0.452 e. The number of carbonyl (C=O) groups excluding carboxylic acids is 2. The lowest BCUT2D eigenvalue weighted by molar-refractivity contribution is -0.119. The van der Waals surface area contributed by atoms with Gasteiger partial charge < -0.3 is 10.1 Å². The highest BCUT2D eigenvalue weighted by atomic mass is 16.5. The molecule has 0 aliphatic carbocycles. The predicted octanol–water partition coefficient (Wildman–Crippen LogP) is 3.41. The normalized spacial score (nSPS) is 10.1. The minimum atomic E-state index is -0.494. The SMILES string of the molecule is Cc1cccc(NC(=O)COC(=O)c2cc(C)cc(C)c2)c1. The Morgan fingerprint density at radius 2 is 1.64 bits per heavy atom. The van der Waals surface area contributed by atoms with E-state index in [9.17, 15) is 9.59 Å². The molecule has 0 aliphatic rings. The molecule has 114 valence electrons. The fraction of sp³-hybridized carbons (Fsp3) is 0.222. The highest BCUT2D eigenvalue weighted by molar-refractivity contribution is 5.95. The molecule has 2 aromatic carbocycles. The van der Waals surface area contributed by atoms with Gasteiger partial charge in [0, 0.05) is 5.69 Å². The number of carbonyl (C=O) groups is 2. The number of ether oxygens (including phenoxy) is 1. The molecule has 2 aromatic rings. The minimum absolute atomic E-state index is 0.306. The van der Waals surface area contributed by atoms with Crippen LogP contribution in [0.4, 0.5) is 5.69 Å². The fourth-order valence-corrected chi connectivity index (χ4v) is 2.23. The summed E-state index contributed by atoms with van der Waals surface area (Å²) in [5.74, 6) is -0.852. The quantitative estimate of drug-likeness (QED) is 0.880. The molecule has 4 heteroatoms. The largest absolute Gasteiger partial charge is 0.452 e. The molecule has 1 N–H and O–H groups in total. The van der Waals surface area contributed by atoms with Crippen LogP contribution >= 0.6 is 0 Å². The van der Waals surface area contributed by atoms with Crippen molar-refractivity contribution in [3.63, 3.8) is 0 Å². The van der Waals surface area contributed by atoms with Crippen LogP contribution in [0.15, 0.2) is 42.5 Å². The zero-order valence-corrected chi connectivity index (χ0v) is 13.0. The average molecular weight is 297 g/mol. The Kier molecular flexibility index (Phi) is 4.94. The number of benzene rings is 2. The molecule has 0 saturated carbocycles. The first-order valence-electron chi connectivity index (χ1n) is 7.06. The van der Waals surface area contributed by atoms with E-state index in [4.69, 9.17) is 4.74 Å². The van der Waals surface area contributed by atoms with Crippen molar-refractivity contribution in [2.75, 3.05) is 11.9 Å². The average Bonchev–Trinajstić information content (AvgIpc) is 2.43. The molecule has 0 bridgehead atoms. The Hall–Kier alpha value is -2.62. The summed E-state index contributed by atoms with van der Waals surface area (Å²) in [6.07, 6.45) is 0. The van der Waals surface area contributed by atoms with Crippen LogP contribution in [-0.2, 0) is 9.53 Å². The summed E-state index contributed by atoms with van der Waals surface area (Å²) >= 11 is 0. The van der Waals surface area contributed by atoms with E-state index in [0.29, 0.717) is 11.3 Å². The van der Waals surface area contributed by atoms with Gasteiger partial charge in [-0.05, 0) is 50.6 Å². The van der Waals surface area contributed by atoms with Crippen LogP contribution in [0.3, 0.4) is 0 Å². The number of esters is 1. The van der Waals surface area contributed by atoms with E-state index in [2.05, 4.69) is 5.32 Å². The lowest BCUT2D eigenvalue weighted by Crippen LogP contribution is -2.21. The van der Waals surface area contributed by atoms with Gasteiger partial charge in [-0.3, -0.25) is 4.79 Å². The van der Waals surface area contributed by atoms with Crippen molar-refractivity contribution in [2.24, 2.45) is 0 Å². The Morgan fingerprint density at radius 3 is 2.27 bits per heavy atom. The van der Waals surface area contributed by atoms with E-state index in [1.165, 1.54) is 0 Å². The van der Waals surface area contributed by atoms with Crippen molar-refractivity contribution in [2.45, 2.75) is 20.8 Å². The number of amides is 1. The summed E-state index contributed by atoms with van der Waals surface area (Å²) in [6.45, 7) is 5.46. The van der Waals surface area contributed by atoms with E-state index in [1.54, 1.807) is 18.2 Å². The van der Waals surface area contributed by atoms with Crippen LogP contribution in [0.5, 0.6) is 0 Å². The van der Waals surface area contributed by atoms with Crippen molar-refractivity contribution >= 4 is 17.6 Å². The van der Waals surface area contributed by atoms with E-state index in [1.807, 2.05) is 45.0 Å². The van der Waals surface area contributed by atoms with Crippen molar-refractivity contribution in [3.8, 4) is 0 Å². The van der Waals surface area contributed by atoms with Crippen LogP contribution in [0.2, 0.25) is 0 Å². The van der Waals surface area contributed by atoms with Crippen LogP contribution in [0.1, 0.15) is 27.0 Å². The van der Waals surface area contributed by atoms with Crippen molar-refractivity contribution in [1.29, 1.82) is 0 Å². The van der Waals surface area contributed by atoms with E-state index in [0.717, 1.165) is 16.7 Å². The third-order valence-corrected chi connectivity index (χ3v) is 3.09. The second-order valence-corrected chi connectivity index (χ2v) is 5.37. The molecule has 4 nitrogen and oxygen atoms in total. The molecule has 0 aliphatic heterocycles. The van der Waals surface area contributed by atoms with Gasteiger partial charge in [-0.1, -0.05) is 29.3 Å². The number of hydrogen-bond donors (Lipinski definition) is 1. The van der Waals surface area contributed by atoms with Crippen LogP contribution in [0.25, 0.3) is 0 Å². The van der Waals surface area contributed by atoms with E-state index in [-0.39, 0.29) is 12.5 Å². The molecule has 22 heavy (non-hydrogen) atoms.